The second-order valence-electron chi connectivity index (χ2n) is 5.86. The standard InChI is InChI=1S/C16H32NO2.BrH/c1-6-8-9-10-11-12-13-17(5,15(3)4)14-19-16(18)7-2;/h7,15H,2,6,8-14H2,1,3-5H3;1H/q+1;/p-1. The SMILES string of the molecule is C=CC(=O)OC[N+](C)(CCCCCCCC)C(C)C.[Br-]. The highest BCUT2D eigenvalue weighted by atomic mass is 79.9. The molecule has 0 rings (SSSR count). The summed E-state index contributed by atoms with van der Waals surface area (Å²) in [6.45, 7) is 11.5. The third-order valence-corrected chi connectivity index (χ3v) is 3.94. The van der Waals surface area contributed by atoms with Crippen LogP contribution in [0.3, 0.4) is 0 Å². The number of rotatable bonds is 11. The van der Waals surface area contributed by atoms with Crippen LogP contribution in [0.25, 0.3) is 0 Å². The summed E-state index contributed by atoms with van der Waals surface area (Å²) in [4.78, 5) is 11.2. The Balaban J connectivity index is 0. The molecule has 0 amide bonds. The molecule has 0 aliphatic carbocycles. The fraction of sp³-hybridized carbons (Fsp3) is 0.812. The highest BCUT2D eigenvalue weighted by Crippen LogP contribution is 2.14. The van der Waals surface area contributed by atoms with Crippen molar-refractivity contribution in [2.24, 2.45) is 0 Å². The number of halogens is 1. The first-order valence-electron chi connectivity index (χ1n) is 7.59. The first-order valence-corrected chi connectivity index (χ1v) is 7.59. The minimum absolute atomic E-state index is 0. The van der Waals surface area contributed by atoms with Crippen LogP contribution in [0.1, 0.15) is 59.3 Å². The van der Waals surface area contributed by atoms with Gasteiger partial charge in [0.1, 0.15) is 0 Å². The zero-order chi connectivity index (χ0) is 14.7. The van der Waals surface area contributed by atoms with Crippen molar-refractivity contribution in [3.05, 3.63) is 12.7 Å². The van der Waals surface area contributed by atoms with E-state index in [1.54, 1.807) is 0 Å². The van der Waals surface area contributed by atoms with E-state index in [1.165, 1.54) is 44.6 Å². The summed E-state index contributed by atoms with van der Waals surface area (Å²) in [5, 5.41) is 0. The van der Waals surface area contributed by atoms with Crippen LogP contribution in [0.4, 0.5) is 0 Å². The lowest BCUT2D eigenvalue weighted by Crippen LogP contribution is -3.00. The molecule has 0 saturated carbocycles. The van der Waals surface area contributed by atoms with Gasteiger partial charge in [0.15, 0.2) is 0 Å². The summed E-state index contributed by atoms with van der Waals surface area (Å²) < 4.78 is 6.01. The van der Waals surface area contributed by atoms with Crippen LogP contribution in [0.5, 0.6) is 0 Å². The summed E-state index contributed by atoms with van der Waals surface area (Å²) >= 11 is 0. The van der Waals surface area contributed by atoms with Crippen LogP contribution >= 0.6 is 0 Å². The van der Waals surface area contributed by atoms with Crippen molar-refractivity contribution in [2.45, 2.75) is 65.3 Å². The van der Waals surface area contributed by atoms with E-state index in [0.717, 1.165) is 11.0 Å². The molecular weight excluding hydrogens is 318 g/mol. The maximum Gasteiger partial charge on any atom is 0.334 e. The van der Waals surface area contributed by atoms with Crippen LogP contribution in [0.2, 0.25) is 0 Å². The van der Waals surface area contributed by atoms with Crippen LogP contribution in [-0.2, 0) is 9.53 Å². The van der Waals surface area contributed by atoms with E-state index in [1.807, 2.05) is 0 Å². The number of unbranched alkanes of at least 4 members (excludes halogenated alkanes) is 5. The van der Waals surface area contributed by atoms with Crippen LogP contribution in [0.15, 0.2) is 12.7 Å². The predicted octanol–water partition coefficient (Wildman–Crippen LogP) is 0.893. The fourth-order valence-corrected chi connectivity index (χ4v) is 2.00. The minimum Gasteiger partial charge on any atom is -1.00 e. The molecule has 0 spiro atoms. The molecule has 0 radical (unpaired) electrons. The lowest BCUT2D eigenvalue weighted by Gasteiger charge is -2.37. The fourth-order valence-electron chi connectivity index (χ4n) is 2.00. The molecule has 20 heavy (non-hydrogen) atoms. The average molecular weight is 350 g/mol. The zero-order valence-corrected chi connectivity index (χ0v) is 15.2. The molecule has 3 nitrogen and oxygen atoms in total. The van der Waals surface area contributed by atoms with Crippen molar-refractivity contribution < 1.29 is 31.0 Å². The molecule has 1 unspecified atom stereocenters. The van der Waals surface area contributed by atoms with E-state index in [9.17, 15) is 4.79 Å². The van der Waals surface area contributed by atoms with Gasteiger partial charge in [0.2, 0.25) is 6.73 Å². The smallest absolute Gasteiger partial charge is 0.334 e. The van der Waals surface area contributed by atoms with Gasteiger partial charge in [-0.15, -0.1) is 0 Å². The van der Waals surface area contributed by atoms with Gasteiger partial charge in [-0.25, -0.2) is 4.79 Å². The maximum atomic E-state index is 11.2. The Kier molecular flexibility index (Phi) is 13.6. The van der Waals surface area contributed by atoms with Crippen LogP contribution < -0.4 is 17.0 Å². The van der Waals surface area contributed by atoms with Gasteiger partial charge < -0.3 is 21.7 Å². The first kappa shape index (κ1) is 21.9. The molecule has 0 heterocycles. The largest absolute Gasteiger partial charge is 1.00 e. The first-order chi connectivity index (χ1) is 8.96. The number of quaternary nitrogens is 1. The van der Waals surface area contributed by atoms with Crippen molar-refractivity contribution in [1.29, 1.82) is 0 Å². The number of nitrogens with zero attached hydrogens (tertiary/aromatic N) is 1. The summed E-state index contributed by atoms with van der Waals surface area (Å²) in [6, 6.07) is 0.452. The van der Waals surface area contributed by atoms with Gasteiger partial charge in [-0.1, -0.05) is 39.2 Å². The Morgan fingerprint density at radius 3 is 2.25 bits per heavy atom. The Morgan fingerprint density at radius 2 is 1.75 bits per heavy atom. The normalized spacial score (nSPS) is 13.4. The Labute approximate surface area is 135 Å². The third-order valence-electron chi connectivity index (χ3n) is 3.94. The van der Waals surface area contributed by atoms with E-state index < -0.39 is 0 Å². The highest BCUT2D eigenvalue weighted by molar-refractivity contribution is 5.81. The molecule has 0 N–H and O–H groups in total. The van der Waals surface area contributed by atoms with E-state index in [0.29, 0.717) is 12.8 Å². The van der Waals surface area contributed by atoms with Crippen molar-refractivity contribution in [2.75, 3.05) is 20.3 Å². The molecule has 0 aromatic heterocycles. The Morgan fingerprint density at radius 1 is 1.20 bits per heavy atom. The van der Waals surface area contributed by atoms with Crippen molar-refractivity contribution in [1.82, 2.24) is 0 Å². The third kappa shape index (κ3) is 9.54. The molecule has 0 aromatic rings. The van der Waals surface area contributed by atoms with E-state index in [4.69, 9.17) is 4.74 Å². The number of carbonyl (C=O) groups excluding carboxylic acids is 1. The number of carbonyl (C=O) groups is 1. The molecule has 0 aliphatic rings. The molecule has 0 fully saturated rings. The number of ether oxygens (including phenoxy) is 1. The predicted molar refractivity (Wildman–Crippen MR) is 80.7 cm³/mol. The number of hydrogen-bond acceptors (Lipinski definition) is 2. The van der Waals surface area contributed by atoms with Gasteiger partial charge in [-0.2, -0.15) is 0 Å². The monoisotopic (exact) mass is 349 g/mol. The molecule has 0 aromatic carbocycles. The van der Waals surface area contributed by atoms with E-state index in [2.05, 4.69) is 34.4 Å². The zero-order valence-electron chi connectivity index (χ0n) is 13.7. The van der Waals surface area contributed by atoms with Gasteiger partial charge in [0, 0.05) is 6.08 Å². The van der Waals surface area contributed by atoms with E-state index in [-0.39, 0.29) is 23.0 Å². The van der Waals surface area contributed by atoms with E-state index >= 15 is 0 Å². The molecule has 1 atom stereocenters. The topological polar surface area (TPSA) is 26.3 Å². The van der Waals surface area contributed by atoms with Crippen LogP contribution in [0, 0.1) is 0 Å². The van der Waals surface area contributed by atoms with Gasteiger partial charge in [-0.05, 0) is 26.7 Å². The van der Waals surface area contributed by atoms with Crippen molar-refractivity contribution >= 4 is 5.97 Å². The number of hydrogen-bond donors (Lipinski definition) is 0. The van der Waals surface area contributed by atoms with Gasteiger partial charge in [-0.3, -0.25) is 4.48 Å². The van der Waals surface area contributed by atoms with Gasteiger partial charge in [0.25, 0.3) is 0 Å². The molecule has 0 bridgehead atoms. The lowest BCUT2D eigenvalue weighted by molar-refractivity contribution is -0.945. The van der Waals surface area contributed by atoms with Crippen molar-refractivity contribution in [3.8, 4) is 0 Å². The summed E-state index contributed by atoms with van der Waals surface area (Å²) in [5.74, 6) is -0.326. The maximum absolute atomic E-state index is 11.2. The molecule has 0 saturated heterocycles. The van der Waals surface area contributed by atoms with Gasteiger partial charge >= 0.3 is 5.97 Å². The highest BCUT2D eigenvalue weighted by Gasteiger charge is 2.26. The van der Waals surface area contributed by atoms with Gasteiger partial charge in [0.05, 0.1) is 19.6 Å². The van der Waals surface area contributed by atoms with Crippen LogP contribution in [-0.4, -0.2) is 36.8 Å². The summed E-state index contributed by atoms with van der Waals surface area (Å²) in [6.07, 6.45) is 8.99. The summed E-state index contributed by atoms with van der Waals surface area (Å²) in [5.41, 5.74) is 0. The quantitative estimate of drug-likeness (QED) is 0.182. The molecule has 120 valence electrons. The second-order valence-corrected chi connectivity index (χ2v) is 5.86. The Hall–Kier alpha value is -0.350. The average Bonchev–Trinajstić information content (AvgIpc) is 2.39. The lowest BCUT2D eigenvalue weighted by atomic mass is 10.1. The number of esters is 1. The Bertz CT molecular complexity index is 269. The minimum atomic E-state index is -0.326. The molecule has 0 aliphatic heterocycles. The summed E-state index contributed by atoms with van der Waals surface area (Å²) in [7, 11) is 2.16. The second kappa shape index (κ2) is 12.4. The molecular formula is C16H32BrNO2. The molecule has 4 heteroatoms. The van der Waals surface area contributed by atoms with Crippen molar-refractivity contribution in [3.63, 3.8) is 0 Å².